The minimum Gasteiger partial charge on any atom is -0.485 e. The van der Waals surface area contributed by atoms with E-state index in [1.54, 1.807) is 17.7 Å². The molecule has 5 aromatic rings. The molecule has 5 rings (SSSR count). The average molecular weight is 507 g/mol. The lowest BCUT2D eigenvalue weighted by atomic mass is 10.2. The standard InChI is InChI=1S/C25H20F3N7O2/c1-15-8-6-7-11-19(15)37-14-20-30-21(17-12-18(25(26,27)28)23(36)29-13-17)35(33-20)24-32-31-22(34(24)2)16-9-4-3-5-10-16/h3-13H,14H2,1-2H3,(H,29,36). The van der Waals surface area contributed by atoms with Crippen molar-refractivity contribution in [3.05, 3.63) is 94.2 Å². The van der Waals surface area contributed by atoms with Crippen molar-refractivity contribution in [2.75, 3.05) is 0 Å². The van der Waals surface area contributed by atoms with Gasteiger partial charge in [-0.3, -0.25) is 9.36 Å². The summed E-state index contributed by atoms with van der Waals surface area (Å²) in [5.41, 5.74) is -0.920. The van der Waals surface area contributed by atoms with E-state index < -0.39 is 17.3 Å². The quantitative estimate of drug-likeness (QED) is 0.367. The molecule has 0 atom stereocenters. The topological polar surface area (TPSA) is 104 Å². The molecule has 37 heavy (non-hydrogen) atoms. The lowest BCUT2D eigenvalue weighted by molar-refractivity contribution is -0.138. The Labute approximate surface area is 208 Å². The fourth-order valence-corrected chi connectivity index (χ4v) is 3.77. The van der Waals surface area contributed by atoms with Gasteiger partial charge in [-0.15, -0.1) is 15.3 Å². The number of nitrogens with zero attached hydrogens (tertiary/aromatic N) is 6. The Balaban J connectivity index is 1.61. The van der Waals surface area contributed by atoms with Gasteiger partial charge in [0.15, 0.2) is 17.5 Å². The van der Waals surface area contributed by atoms with Crippen LogP contribution in [0.1, 0.15) is 17.0 Å². The molecule has 0 unspecified atom stereocenters. The number of alkyl halides is 3. The van der Waals surface area contributed by atoms with Crippen molar-refractivity contribution in [2.24, 2.45) is 7.05 Å². The summed E-state index contributed by atoms with van der Waals surface area (Å²) in [7, 11) is 1.71. The summed E-state index contributed by atoms with van der Waals surface area (Å²) in [6.45, 7) is 1.83. The highest BCUT2D eigenvalue weighted by atomic mass is 19.4. The zero-order chi connectivity index (χ0) is 26.2. The maximum atomic E-state index is 13.5. The summed E-state index contributed by atoms with van der Waals surface area (Å²) in [5, 5.41) is 12.9. The Kier molecular flexibility index (Phi) is 6.07. The van der Waals surface area contributed by atoms with Gasteiger partial charge in [0.1, 0.15) is 17.9 Å². The molecule has 0 saturated carbocycles. The van der Waals surface area contributed by atoms with Gasteiger partial charge in [0, 0.05) is 24.4 Å². The van der Waals surface area contributed by atoms with E-state index in [2.05, 4.69) is 25.3 Å². The summed E-state index contributed by atoms with van der Waals surface area (Å²) in [5.74, 6) is 1.58. The van der Waals surface area contributed by atoms with Crippen LogP contribution in [0.3, 0.4) is 0 Å². The second-order valence-electron chi connectivity index (χ2n) is 8.20. The van der Waals surface area contributed by atoms with Crippen LogP contribution in [0.2, 0.25) is 0 Å². The molecule has 12 heteroatoms. The third-order valence-corrected chi connectivity index (χ3v) is 5.64. The smallest absolute Gasteiger partial charge is 0.421 e. The Morgan fingerprint density at radius 2 is 1.70 bits per heavy atom. The first-order valence-corrected chi connectivity index (χ1v) is 11.1. The zero-order valence-electron chi connectivity index (χ0n) is 19.7. The number of hydrogen-bond acceptors (Lipinski definition) is 6. The molecule has 0 spiro atoms. The molecule has 0 radical (unpaired) electrons. The number of pyridine rings is 1. The van der Waals surface area contributed by atoms with Crippen LogP contribution in [0.15, 0.2) is 71.7 Å². The van der Waals surface area contributed by atoms with Crippen molar-refractivity contribution >= 4 is 0 Å². The van der Waals surface area contributed by atoms with Crippen LogP contribution < -0.4 is 10.3 Å². The number of nitrogens with one attached hydrogen (secondary N) is 1. The molecule has 3 aromatic heterocycles. The van der Waals surface area contributed by atoms with Crippen molar-refractivity contribution in [2.45, 2.75) is 19.7 Å². The lowest BCUT2D eigenvalue weighted by Crippen LogP contribution is -2.21. The molecule has 2 aromatic carbocycles. The predicted molar refractivity (Wildman–Crippen MR) is 128 cm³/mol. The van der Waals surface area contributed by atoms with Crippen LogP contribution in [0.5, 0.6) is 5.75 Å². The number of benzene rings is 2. The largest absolute Gasteiger partial charge is 0.485 e. The first kappa shape index (κ1) is 24.0. The summed E-state index contributed by atoms with van der Waals surface area (Å²) < 4.78 is 49.2. The monoisotopic (exact) mass is 507 g/mol. The van der Waals surface area contributed by atoms with Crippen molar-refractivity contribution in [1.82, 2.24) is 34.5 Å². The van der Waals surface area contributed by atoms with E-state index in [4.69, 9.17) is 4.74 Å². The number of rotatable bonds is 6. The molecule has 0 saturated heterocycles. The van der Waals surface area contributed by atoms with Crippen LogP contribution in [0.4, 0.5) is 13.2 Å². The van der Waals surface area contributed by atoms with Crippen LogP contribution in [0.25, 0.3) is 28.7 Å². The molecular formula is C25H20F3N7O2. The molecule has 0 bridgehead atoms. The lowest BCUT2D eigenvalue weighted by Gasteiger charge is -2.09. The van der Waals surface area contributed by atoms with Crippen molar-refractivity contribution in [1.29, 1.82) is 0 Å². The second kappa shape index (κ2) is 9.37. The molecule has 188 valence electrons. The zero-order valence-corrected chi connectivity index (χ0v) is 19.7. The predicted octanol–water partition coefficient (Wildman–Crippen LogP) is 4.32. The number of para-hydroxylation sites is 1. The van der Waals surface area contributed by atoms with Gasteiger partial charge in [0.2, 0.25) is 0 Å². The van der Waals surface area contributed by atoms with Gasteiger partial charge in [-0.2, -0.15) is 17.9 Å². The highest BCUT2D eigenvalue weighted by Gasteiger charge is 2.35. The second-order valence-corrected chi connectivity index (χ2v) is 8.20. The van der Waals surface area contributed by atoms with Crippen LogP contribution in [-0.2, 0) is 19.8 Å². The molecule has 0 aliphatic carbocycles. The fraction of sp³-hybridized carbons (Fsp3) is 0.160. The number of aromatic amines is 1. The number of halogens is 3. The van der Waals surface area contributed by atoms with E-state index in [-0.39, 0.29) is 29.8 Å². The van der Waals surface area contributed by atoms with Crippen LogP contribution in [0, 0.1) is 6.92 Å². The van der Waals surface area contributed by atoms with Gasteiger partial charge in [-0.05, 0) is 24.6 Å². The van der Waals surface area contributed by atoms with Crippen molar-refractivity contribution < 1.29 is 17.9 Å². The first-order valence-electron chi connectivity index (χ1n) is 11.1. The molecule has 9 nitrogen and oxygen atoms in total. The van der Waals surface area contributed by atoms with Gasteiger partial charge >= 0.3 is 6.18 Å². The van der Waals surface area contributed by atoms with Gasteiger partial charge in [-0.1, -0.05) is 48.5 Å². The summed E-state index contributed by atoms with van der Waals surface area (Å²) >= 11 is 0. The third-order valence-electron chi connectivity index (χ3n) is 5.64. The Morgan fingerprint density at radius 3 is 2.43 bits per heavy atom. The molecule has 0 aliphatic heterocycles. The minimum absolute atomic E-state index is 0.00849. The van der Waals surface area contributed by atoms with E-state index in [0.29, 0.717) is 11.6 Å². The third kappa shape index (κ3) is 4.73. The number of aryl methyl sites for hydroxylation is 1. The number of aromatic nitrogens is 7. The van der Waals surface area contributed by atoms with Crippen molar-refractivity contribution in [3.63, 3.8) is 0 Å². The molecule has 0 fully saturated rings. The number of ether oxygens (including phenoxy) is 1. The average Bonchev–Trinajstić information content (AvgIpc) is 3.47. The highest BCUT2D eigenvalue weighted by Crippen LogP contribution is 2.30. The maximum absolute atomic E-state index is 13.5. The van der Waals surface area contributed by atoms with E-state index >= 15 is 0 Å². The van der Waals surface area contributed by atoms with E-state index in [1.807, 2.05) is 55.5 Å². The molecule has 1 N–H and O–H groups in total. The first-order chi connectivity index (χ1) is 17.7. The SMILES string of the molecule is Cc1ccccc1OCc1nc(-c2c[nH]c(=O)c(C(F)(F)F)c2)n(-c2nnc(-c3ccccc3)n2C)n1. The minimum atomic E-state index is -4.85. The summed E-state index contributed by atoms with van der Waals surface area (Å²) in [6, 6.07) is 17.4. The van der Waals surface area contributed by atoms with E-state index in [9.17, 15) is 18.0 Å². The van der Waals surface area contributed by atoms with Gasteiger partial charge in [0.25, 0.3) is 11.5 Å². The van der Waals surface area contributed by atoms with Crippen LogP contribution >= 0.6 is 0 Å². The molecule has 0 amide bonds. The fourth-order valence-electron chi connectivity index (χ4n) is 3.77. The Bertz CT molecular complexity index is 1620. The maximum Gasteiger partial charge on any atom is 0.421 e. The Hall–Kier alpha value is -4.74. The van der Waals surface area contributed by atoms with Gasteiger partial charge < -0.3 is 9.72 Å². The Morgan fingerprint density at radius 1 is 0.973 bits per heavy atom. The molecule has 0 aliphatic rings. The summed E-state index contributed by atoms with van der Waals surface area (Å²) in [4.78, 5) is 18.4. The van der Waals surface area contributed by atoms with Crippen LogP contribution in [-0.4, -0.2) is 34.5 Å². The number of hydrogen-bond donors (Lipinski definition) is 1. The normalized spacial score (nSPS) is 11.6. The van der Waals surface area contributed by atoms with E-state index in [1.165, 1.54) is 4.68 Å². The van der Waals surface area contributed by atoms with Gasteiger partial charge in [-0.25, -0.2) is 4.98 Å². The van der Waals surface area contributed by atoms with Crippen molar-refractivity contribution in [3.8, 4) is 34.5 Å². The van der Waals surface area contributed by atoms with E-state index in [0.717, 1.165) is 23.4 Å². The molecule has 3 heterocycles. The molecular weight excluding hydrogens is 487 g/mol. The number of H-pyrrole nitrogens is 1. The van der Waals surface area contributed by atoms with Gasteiger partial charge in [0.05, 0.1) is 0 Å². The highest BCUT2D eigenvalue weighted by molar-refractivity contribution is 5.59. The summed E-state index contributed by atoms with van der Waals surface area (Å²) in [6.07, 6.45) is -3.70.